The summed E-state index contributed by atoms with van der Waals surface area (Å²) in [5, 5.41) is 0. The van der Waals surface area contributed by atoms with Crippen molar-refractivity contribution >= 4 is 0 Å². The average Bonchev–Trinajstić information content (AvgIpc) is 2.16. The molecule has 0 amide bonds. The summed E-state index contributed by atoms with van der Waals surface area (Å²) in [7, 11) is 0. The van der Waals surface area contributed by atoms with Gasteiger partial charge in [0.15, 0.2) is 0 Å². The molecule has 88 valence electrons. The van der Waals surface area contributed by atoms with Crippen molar-refractivity contribution in [3.63, 3.8) is 0 Å². The van der Waals surface area contributed by atoms with Crippen LogP contribution < -0.4 is 5.73 Å². The second-order valence-corrected chi connectivity index (χ2v) is 4.78. The molecule has 1 aromatic carbocycles. The zero-order chi connectivity index (χ0) is 11.8. The van der Waals surface area contributed by atoms with Crippen LogP contribution >= 0.6 is 0 Å². The first kappa shape index (κ1) is 11.5. The monoisotopic (exact) mass is 225 g/mol. The van der Waals surface area contributed by atoms with Crippen LogP contribution in [0.2, 0.25) is 0 Å². The van der Waals surface area contributed by atoms with Gasteiger partial charge in [-0.05, 0) is 49.4 Å². The highest BCUT2D eigenvalue weighted by molar-refractivity contribution is 5.32. The lowest BCUT2D eigenvalue weighted by Crippen LogP contribution is -2.36. The maximum Gasteiger partial charge on any atom is 0.137 e. The minimum atomic E-state index is -1.37. The number of aryl methyl sites for hydroxylation is 1. The highest BCUT2D eigenvalue weighted by Gasteiger charge is 2.37. The van der Waals surface area contributed by atoms with E-state index in [-0.39, 0.29) is 11.9 Å². The van der Waals surface area contributed by atoms with E-state index in [4.69, 9.17) is 5.73 Å². The minimum absolute atomic E-state index is 0.0804. The molecule has 0 radical (unpaired) electrons. The van der Waals surface area contributed by atoms with Crippen LogP contribution in [0.25, 0.3) is 0 Å². The van der Waals surface area contributed by atoms with Crippen LogP contribution in [-0.4, -0.2) is 6.04 Å². The SMILES string of the molecule is Cc1cc(F)ccc1C1(F)CCCC(N)C1. The predicted molar refractivity (Wildman–Crippen MR) is 60.4 cm³/mol. The number of hydrogen-bond donors (Lipinski definition) is 1. The van der Waals surface area contributed by atoms with Gasteiger partial charge in [-0.1, -0.05) is 6.07 Å². The van der Waals surface area contributed by atoms with Crippen molar-refractivity contribution in [2.75, 3.05) is 0 Å². The molecular formula is C13H17F2N. The van der Waals surface area contributed by atoms with E-state index in [1.54, 1.807) is 13.0 Å². The molecule has 0 bridgehead atoms. The van der Waals surface area contributed by atoms with Crippen LogP contribution in [0.1, 0.15) is 36.8 Å². The fourth-order valence-corrected chi connectivity index (χ4v) is 2.64. The van der Waals surface area contributed by atoms with Crippen molar-refractivity contribution in [1.82, 2.24) is 0 Å². The normalized spacial score (nSPS) is 30.4. The number of halogens is 2. The molecule has 1 saturated carbocycles. The van der Waals surface area contributed by atoms with Crippen molar-refractivity contribution in [2.45, 2.75) is 44.3 Å². The van der Waals surface area contributed by atoms with Gasteiger partial charge in [-0.15, -0.1) is 0 Å². The topological polar surface area (TPSA) is 26.0 Å². The molecule has 16 heavy (non-hydrogen) atoms. The molecule has 2 unspecified atom stereocenters. The van der Waals surface area contributed by atoms with Gasteiger partial charge in [0.25, 0.3) is 0 Å². The quantitative estimate of drug-likeness (QED) is 0.780. The number of benzene rings is 1. The van der Waals surface area contributed by atoms with Crippen molar-refractivity contribution in [3.8, 4) is 0 Å². The van der Waals surface area contributed by atoms with Crippen molar-refractivity contribution in [1.29, 1.82) is 0 Å². The van der Waals surface area contributed by atoms with Crippen LogP contribution in [0.4, 0.5) is 8.78 Å². The Morgan fingerprint density at radius 2 is 2.19 bits per heavy atom. The van der Waals surface area contributed by atoms with E-state index >= 15 is 0 Å². The van der Waals surface area contributed by atoms with Crippen molar-refractivity contribution in [2.24, 2.45) is 5.73 Å². The molecule has 0 heterocycles. The van der Waals surface area contributed by atoms with E-state index in [0.717, 1.165) is 12.8 Å². The molecule has 3 heteroatoms. The number of nitrogens with two attached hydrogens (primary N) is 1. The lowest BCUT2D eigenvalue weighted by atomic mass is 9.77. The van der Waals surface area contributed by atoms with E-state index < -0.39 is 5.67 Å². The van der Waals surface area contributed by atoms with Crippen molar-refractivity contribution in [3.05, 3.63) is 35.1 Å². The fourth-order valence-electron chi connectivity index (χ4n) is 2.64. The Labute approximate surface area is 94.7 Å². The van der Waals surface area contributed by atoms with E-state index in [1.165, 1.54) is 12.1 Å². The zero-order valence-electron chi connectivity index (χ0n) is 9.47. The van der Waals surface area contributed by atoms with Crippen LogP contribution in [0.3, 0.4) is 0 Å². The smallest absolute Gasteiger partial charge is 0.137 e. The number of hydrogen-bond acceptors (Lipinski definition) is 1. The van der Waals surface area contributed by atoms with Crippen molar-refractivity contribution < 1.29 is 8.78 Å². The van der Waals surface area contributed by atoms with Crippen LogP contribution in [0.15, 0.2) is 18.2 Å². The summed E-state index contributed by atoms with van der Waals surface area (Å²) in [6, 6.07) is 4.19. The Kier molecular flexibility index (Phi) is 2.98. The van der Waals surface area contributed by atoms with Gasteiger partial charge in [0.05, 0.1) is 0 Å². The maximum absolute atomic E-state index is 14.7. The molecule has 2 atom stereocenters. The predicted octanol–water partition coefficient (Wildman–Crippen LogP) is 3.20. The summed E-state index contributed by atoms with van der Waals surface area (Å²) in [6.45, 7) is 1.75. The number of rotatable bonds is 1. The van der Waals surface area contributed by atoms with E-state index in [2.05, 4.69) is 0 Å². The molecule has 2 N–H and O–H groups in total. The van der Waals surface area contributed by atoms with E-state index in [0.29, 0.717) is 24.0 Å². The first-order chi connectivity index (χ1) is 7.51. The number of alkyl halides is 1. The standard InChI is InChI=1S/C13H17F2N/c1-9-7-10(14)4-5-12(9)13(15)6-2-3-11(16)8-13/h4-5,7,11H,2-3,6,8,16H2,1H3. The fraction of sp³-hybridized carbons (Fsp3) is 0.538. The summed E-state index contributed by atoms with van der Waals surface area (Å²) in [4.78, 5) is 0. The summed E-state index contributed by atoms with van der Waals surface area (Å²) < 4.78 is 27.7. The van der Waals surface area contributed by atoms with Gasteiger partial charge in [-0.2, -0.15) is 0 Å². The molecule has 0 saturated heterocycles. The summed E-state index contributed by atoms with van der Waals surface area (Å²) in [5.41, 5.74) is 5.73. The minimum Gasteiger partial charge on any atom is -0.328 e. The first-order valence-electron chi connectivity index (χ1n) is 5.72. The molecule has 0 spiro atoms. The van der Waals surface area contributed by atoms with Gasteiger partial charge in [0.2, 0.25) is 0 Å². The Bertz CT molecular complexity index is 392. The van der Waals surface area contributed by atoms with Gasteiger partial charge in [0, 0.05) is 12.5 Å². The molecule has 0 aromatic heterocycles. The zero-order valence-corrected chi connectivity index (χ0v) is 9.47. The van der Waals surface area contributed by atoms with Gasteiger partial charge in [-0.25, -0.2) is 8.78 Å². The van der Waals surface area contributed by atoms with Crippen LogP contribution in [0.5, 0.6) is 0 Å². The largest absolute Gasteiger partial charge is 0.328 e. The summed E-state index contributed by atoms with van der Waals surface area (Å²) in [6.07, 6.45) is 2.52. The molecule has 1 nitrogen and oxygen atoms in total. The molecule has 1 fully saturated rings. The Morgan fingerprint density at radius 1 is 1.44 bits per heavy atom. The van der Waals surface area contributed by atoms with E-state index in [9.17, 15) is 8.78 Å². The third-order valence-electron chi connectivity index (χ3n) is 3.40. The first-order valence-corrected chi connectivity index (χ1v) is 5.72. The lowest BCUT2D eigenvalue weighted by molar-refractivity contribution is 0.0940. The third kappa shape index (κ3) is 2.09. The van der Waals surface area contributed by atoms with Crippen LogP contribution in [-0.2, 0) is 5.67 Å². The second-order valence-electron chi connectivity index (χ2n) is 4.78. The third-order valence-corrected chi connectivity index (χ3v) is 3.40. The Hall–Kier alpha value is -0.960. The molecule has 1 aromatic rings. The molecule has 2 rings (SSSR count). The average molecular weight is 225 g/mol. The summed E-state index contributed by atoms with van der Waals surface area (Å²) >= 11 is 0. The highest BCUT2D eigenvalue weighted by Crippen LogP contribution is 2.41. The van der Waals surface area contributed by atoms with Gasteiger partial charge in [0.1, 0.15) is 11.5 Å². The Morgan fingerprint density at radius 3 is 2.81 bits per heavy atom. The summed E-state index contributed by atoms with van der Waals surface area (Å²) in [5.74, 6) is -0.315. The molecule has 0 aliphatic heterocycles. The van der Waals surface area contributed by atoms with Gasteiger partial charge in [-0.3, -0.25) is 0 Å². The molecule has 1 aliphatic rings. The van der Waals surface area contributed by atoms with Crippen LogP contribution in [0, 0.1) is 12.7 Å². The second kappa shape index (κ2) is 4.13. The molecular weight excluding hydrogens is 208 g/mol. The molecule has 1 aliphatic carbocycles. The van der Waals surface area contributed by atoms with Gasteiger partial charge < -0.3 is 5.73 Å². The van der Waals surface area contributed by atoms with E-state index in [1.807, 2.05) is 0 Å². The maximum atomic E-state index is 14.7. The lowest BCUT2D eigenvalue weighted by Gasteiger charge is -2.34. The van der Waals surface area contributed by atoms with Gasteiger partial charge >= 0.3 is 0 Å². The Balaban J connectivity index is 2.34. The highest BCUT2D eigenvalue weighted by atomic mass is 19.1.